The van der Waals surface area contributed by atoms with Crippen molar-refractivity contribution in [2.75, 3.05) is 0 Å². The lowest BCUT2D eigenvalue weighted by molar-refractivity contribution is 0.0303. The van der Waals surface area contributed by atoms with Gasteiger partial charge in [-0.05, 0) is 41.9 Å². The van der Waals surface area contributed by atoms with Gasteiger partial charge in [0.05, 0.1) is 0 Å². The molecule has 0 aliphatic heterocycles. The lowest BCUT2D eigenvalue weighted by Crippen LogP contribution is -2.39. The Morgan fingerprint density at radius 3 is 2.33 bits per heavy atom. The highest BCUT2D eigenvalue weighted by Gasteiger charge is 2.43. The summed E-state index contributed by atoms with van der Waals surface area (Å²) in [7, 11) is 0. The molecule has 2 atom stereocenters. The number of hydrogen-bond acceptors (Lipinski definition) is 0. The predicted octanol–water partition coefficient (Wildman–Crippen LogP) is 5.61. The minimum Gasteiger partial charge on any atom is -0.0771 e. The van der Waals surface area contributed by atoms with Crippen molar-refractivity contribution >= 4 is 0 Å². The van der Waals surface area contributed by atoms with E-state index in [1.165, 1.54) is 25.7 Å². The zero-order valence-corrected chi connectivity index (χ0v) is 12.9. The molecule has 0 saturated heterocycles. The summed E-state index contributed by atoms with van der Waals surface area (Å²) >= 11 is 0. The van der Waals surface area contributed by atoms with Gasteiger partial charge in [-0.1, -0.05) is 65.3 Å². The molecule has 0 aromatic heterocycles. The first kappa shape index (κ1) is 13.9. The van der Waals surface area contributed by atoms with Crippen molar-refractivity contribution in [1.82, 2.24) is 0 Å². The van der Waals surface area contributed by atoms with Crippen molar-refractivity contribution in [3.8, 4) is 0 Å². The number of allylic oxidation sites excluding steroid dienone is 4. The average Bonchev–Trinajstić information content (AvgIpc) is 2.83. The minimum atomic E-state index is 0.480. The van der Waals surface area contributed by atoms with Crippen LogP contribution >= 0.6 is 0 Å². The van der Waals surface area contributed by atoms with E-state index in [1.54, 1.807) is 0 Å². The second-order valence-electron chi connectivity index (χ2n) is 7.72. The SMILES string of the molecule is CC(C)C(C)(C)C1CCCC(C)(C2C=CC=C2)C1. The second-order valence-corrected chi connectivity index (χ2v) is 7.72. The molecule has 0 aromatic rings. The van der Waals surface area contributed by atoms with Crippen LogP contribution in [0.25, 0.3) is 0 Å². The van der Waals surface area contributed by atoms with Gasteiger partial charge in [0, 0.05) is 5.92 Å². The molecule has 18 heavy (non-hydrogen) atoms. The van der Waals surface area contributed by atoms with Crippen LogP contribution in [-0.2, 0) is 0 Å². The summed E-state index contributed by atoms with van der Waals surface area (Å²) in [6, 6.07) is 0. The van der Waals surface area contributed by atoms with Crippen LogP contribution in [0.15, 0.2) is 24.3 Å². The predicted molar refractivity (Wildman–Crippen MR) is 80.5 cm³/mol. The van der Waals surface area contributed by atoms with Gasteiger partial charge in [0.25, 0.3) is 0 Å². The molecule has 0 amide bonds. The van der Waals surface area contributed by atoms with Crippen LogP contribution in [-0.4, -0.2) is 0 Å². The highest BCUT2D eigenvalue weighted by molar-refractivity contribution is 5.21. The average molecular weight is 246 g/mol. The summed E-state index contributed by atoms with van der Waals surface area (Å²) in [4.78, 5) is 0. The van der Waals surface area contributed by atoms with Gasteiger partial charge in [-0.3, -0.25) is 0 Å². The fourth-order valence-corrected chi connectivity index (χ4v) is 3.83. The molecule has 2 unspecified atom stereocenters. The Kier molecular flexibility index (Phi) is 3.76. The Labute approximate surface area is 114 Å². The number of hydrogen-bond donors (Lipinski definition) is 0. The molecule has 0 aromatic carbocycles. The molecule has 0 N–H and O–H groups in total. The molecule has 0 radical (unpaired) electrons. The highest BCUT2D eigenvalue weighted by atomic mass is 14.5. The molecule has 102 valence electrons. The molecule has 0 spiro atoms. The second kappa shape index (κ2) is 4.87. The third-order valence-electron chi connectivity index (χ3n) is 6.11. The summed E-state index contributed by atoms with van der Waals surface area (Å²) in [5.74, 6) is 2.35. The normalized spacial score (nSPS) is 33.6. The quantitative estimate of drug-likeness (QED) is 0.607. The number of rotatable bonds is 3. The first-order valence-corrected chi connectivity index (χ1v) is 7.71. The molecule has 2 rings (SSSR count). The third-order valence-corrected chi connectivity index (χ3v) is 6.11. The summed E-state index contributed by atoms with van der Waals surface area (Å²) in [5.41, 5.74) is 0.978. The molecule has 0 bridgehead atoms. The lowest BCUT2D eigenvalue weighted by atomic mass is 9.57. The molecule has 1 fully saturated rings. The molecule has 0 heteroatoms. The topological polar surface area (TPSA) is 0 Å². The van der Waals surface area contributed by atoms with E-state index in [0.717, 1.165) is 11.8 Å². The van der Waals surface area contributed by atoms with E-state index >= 15 is 0 Å². The van der Waals surface area contributed by atoms with Crippen LogP contribution in [0, 0.1) is 28.6 Å². The molecular formula is C18H30. The largest absolute Gasteiger partial charge is 0.0771 e. The van der Waals surface area contributed by atoms with Gasteiger partial charge >= 0.3 is 0 Å². The van der Waals surface area contributed by atoms with Gasteiger partial charge in [-0.2, -0.15) is 0 Å². The van der Waals surface area contributed by atoms with Crippen LogP contribution in [0.4, 0.5) is 0 Å². The van der Waals surface area contributed by atoms with E-state index in [1.807, 2.05) is 0 Å². The molecular weight excluding hydrogens is 216 g/mol. The van der Waals surface area contributed by atoms with Crippen LogP contribution in [0.5, 0.6) is 0 Å². The summed E-state index contributed by atoms with van der Waals surface area (Å²) in [6.07, 6.45) is 14.9. The Balaban J connectivity index is 2.13. The van der Waals surface area contributed by atoms with Gasteiger partial charge in [-0.25, -0.2) is 0 Å². The third kappa shape index (κ3) is 2.44. The smallest absolute Gasteiger partial charge is 0.000674 e. The summed E-state index contributed by atoms with van der Waals surface area (Å²) in [6.45, 7) is 12.3. The van der Waals surface area contributed by atoms with Crippen molar-refractivity contribution < 1.29 is 0 Å². The van der Waals surface area contributed by atoms with Gasteiger partial charge in [0.2, 0.25) is 0 Å². The van der Waals surface area contributed by atoms with E-state index in [2.05, 4.69) is 58.9 Å². The summed E-state index contributed by atoms with van der Waals surface area (Å²) < 4.78 is 0. The standard InChI is InChI=1S/C18H30/c1-14(2)17(3,4)16-11-8-12-18(5,13-16)15-9-6-7-10-15/h6-7,9-10,14-16H,8,11-13H2,1-5H3. The van der Waals surface area contributed by atoms with Crippen LogP contribution in [0.3, 0.4) is 0 Å². The maximum Gasteiger partial charge on any atom is 0.000674 e. The maximum atomic E-state index is 2.51. The summed E-state index contributed by atoms with van der Waals surface area (Å²) in [5, 5.41) is 0. The molecule has 0 nitrogen and oxygen atoms in total. The first-order valence-electron chi connectivity index (χ1n) is 7.71. The molecule has 1 saturated carbocycles. The van der Waals surface area contributed by atoms with Crippen LogP contribution in [0.1, 0.15) is 60.3 Å². The van der Waals surface area contributed by atoms with E-state index in [-0.39, 0.29) is 0 Å². The van der Waals surface area contributed by atoms with Crippen molar-refractivity contribution in [3.05, 3.63) is 24.3 Å². The zero-order chi connectivity index (χ0) is 13.4. The van der Waals surface area contributed by atoms with E-state index in [4.69, 9.17) is 0 Å². The lowest BCUT2D eigenvalue weighted by Gasteiger charge is -2.48. The van der Waals surface area contributed by atoms with Crippen LogP contribution < -0.4 is 0 Å². The Morgan fingerprint density at radius 1 is 1.17 bits per heavy atom. The maximum absolute atomic E-state index is 2.51. The minimum absolute atomic E-state index is 0.480. The molecule has 0 heterocycles. The van der Waals surface area contributed by atoms with Crippen LogP contribution in [0.2, 0.25) is 0 Å². The highest BCUT2D eigenvalue weighted by Crippen LogP contribution is 2.52. The van der Waals surface area contributed by atoms with Crippen molar-refractivity contribution in [2.24, 2.45) is 28.6 Å². The van der Waals surface area contributed by atoms with Gasteiger partial charge in [0.1, 0.15) is 0 Å². The van der Waals surface area contributed by atoms with Crippen molar-refractivity contribution in [1.29, 1.82) is 0 Å². The van der Waals surface area contributed by atoms with E-state index in [0.29, 0.717) is 16.7 Å². The first-order chi connectivity index (χ1) is 8.36. The van der Waals surface area contributed by atoms with Crippen molar-refractivity contribution in [3.63, 3.8) is 0 Å². The Morgan fingerprint density at radius 2 is 1.78 bits per heavy atom. The Hall–Kier alpha value is -0.520. The fraction of sp³-hybridized carbons (Fsp3) is 0.778. The Bertz CT molecular complexity index is 333. The van der Waals surface area contributed by atoms with Gasteiger partial charge in [0.15, 0.2) is 0 Å². The monoisotopic (exact) mass is 246 g/mol. The van der Waals surface area contributed by atoms with Crippen molar-refractivity contribution in [2.45, 2.75) is 60.3 Å². The van der Waals surface area contributed by atoms with E-state index < -0.39 is 0 Å². The zero-order valence-electron chi connectivity index (χ0n) is 12.9. The molecule has 2 aliphatic carbocycles. The van der Waals surface area contributed by atoms with Gasteiger partial charge in [-0.15, -0.1) is 0 Å². The van der Waals surface area contributed by atoms with Gasteiger partial charge < -0.3 is 0 Å². The molecule has 2 aliphatic rings. The van der Waals surface area contributed by atoms with E-state index in [9.17, 15) is 0 Å². The fourth-order valence-electron chi connectivity index (χ4n) is 3.83.